The van der Waals surface area contributed by atoms with Gasteiger partial charge in [-0.15, -0.1) is 11.3 Å². The van der Waals surface area contributed by atoms with Crippen molar-refractivity contribution >= 4 is 16.5 Å². The third-order valence-corrected chi connectivity index (χ3v) is 4.82. The van der Waals surface area contributed by atoms with Gasteiger partial charge in [-0.05, 0) is 45.5 Å². The third-order valence-electron chi connectivity index (χ3n) is 3.42. The summed E-state index contributed by atoms with van der Waals surface area (Å²) in [6.45, 7) is 8.24. The largest absolute Gasteiger partial charge is 0.344 e. The van der Waals surface area contributed by atoms with Crippen molar-refractivity contribution in [3.63, 3.8) is 0 Å². The number of anilines is 1. The summed E-state index contributed by atoms with van der Waals surface area (Å²) in [5.41, 5.74) is 2.39. The van der Waals surface area contributed by atoms with Crippen LogP contribution in [0.15, 0.2) is 24.5 Å². The number of thiazole rings is 1. The van der Waals surface area contributed by atoms with Crippen molar-refractivity contribution in [2.45, 2.75) is 33.4 Å². The lowest BCUT2D eigenvalue weighted by molar-refractivity contribution is 0.658. The zero-order chi connectivity index (χ0) is 14.5. The second kappa shape index (κ2) is 6.81. The van der Waals surface area contributed by atoms with Crippen LogP contribution >= 0.6 is 11.3 Å². The molecule has 4 nitrogen and oxygen atoms in total. The summed E-state index contributed by atoms with van der Waals surface area (Å²) in [4.78, 5) is 12.4. The molecule has 1 unspecified atom stereocenters. The number of nitrogens with zero attached hydrogens (tertiary/aromatic N) is 3. The first-order chi connectivity index (χ1) is 9.65. The molecule has 5 heteroatoms. The van der Waals surface area contributed by atoms with Crippen LogP contribution in [0.4, 0.5) is 5.13 Å². The molecule has 0 saturated carbocycles. The highest BCUT2D eigenvalue weighted by Gasteiger charge is 2.16. The summed E-state index contributed by atoms with van der Waals surface area (Å²) in [5.74, 6) is 0. The van der Waals surface area contributed by atoms with Gasteiger partial charge in [0.05, 0.1) is 5.69 Å². The molecule has 2 rings (SSSR count). The van der Waals surface area contributed by atoms with Crippen LogP contribution in [0.3, 0.4) is 0 Å². The van der Waals surface area contributed by atoms with Crippen LogP contribution in [0.5, 0.6) is 0 Å². The lowest BCUT2D eigenvalue weighted by atomic mass is 10.2. The molecule has 108 valence electrons. The number of aromatic nitrogens is 2. The molecule has 0 saturated heterocycles. The summed E-state index contributed by atoms with van der Waals surface area (Å²) in [6.07, 6.45) is 3.68. The molecule has 2 aromatic rings. The number of pyridine rings is 1. The van der Waals surface area contributed by atoms with E-state index in [0.717, 1.165) is 23.9 Å². The van der Waals surface area contributed by atoms with Gasteiger partial charge in [0, 0.05) is 36.4 Å². The van der Waals surface area contributed by atoms with Crippen molar-refractivity contribution in [3.8, 4) is 0 Å². The molecule has 2 aromatic heterocycles. The van der Waals surface area contributed by atoms with E-state index in [2.05, 4.69) is 48.1 Å². The van der Waals surface area contributed by atoms with Crippen LogP contribution < -0.4 is 10.2 Å². The van der Waals surface area contributed by atoms with Crippen molar-refractivity contribution in [3.05, 3.63) is 40.7 Å². The van der Waals surface area contributed by atoms with E-state index in [1.165, 1.54) is 10.4 Å². The molecule has 2 heterocycles. The first kappa shape index (κ1) is 14.9. The van der Waals surface area contributed by atoms with Crippen LogP contribution in [0.25, 0.3) is 0 Å². The molecular formula is C15H22N4S. The van der Waals surface area contributed by atoms with Crippen molar-refractivity contribution in [2.24, 2.45) is 0 Å². The molecule has 1 N–H and O–H groups in total. The zero-order valence-electron chi connectivity index (χ0n) is 12.6. The van der Waals surface area contributed by atoms with Gasteiger partial charge in [-0.2, -0.15) is 0 Å². The Labute approximate surface area is 124 Å². The Morgan fingerprint density at radius 3 is 2.65 bits per heavy atom. The lowest BCUT2D eigenvalue weighted by Crippen LogP contribution is -2.21. The zero-order valence-corrected chi connectivity index (χ0v) is 13.4. The molecule has 0 bridgehead atoms. The minimum absolute atomic E-state index is 0.348. The Morgan fingerprint density at radius 1 is 1.35 bits per heavy atom. The Kier molecular flexibility index (Phi) is 5.09. The maximum Gasteiger partial charge on any atom is 0.186 e. The predicted octanol–water partition coefficient (Wildman–Crippen LogP) is 3.15. The summed E-state index contributed by atoms with van der Waals surface area (Å²) < 4.78 is 0. The van der Waals surface area contributed by atoms with Crippen LogP contribution in [0.1, 0.15) is 36.0 Å². The molecule has 1 atom stereocenters. The average Bonchev–Trinajstić information content (AvgIpc) is 2.87. The van der Waals surface area contributed by atoms with E-state index in [4.69, 9.17) is 4.98 Å². The Bertz CT molecular complexity index is 538. The first-order valence-electron chi connectivity index (χ1n) is 6.94. The Balaban J connectivity index is 2.20. The average molecular weight is 290 g/mol. The van der Waals surface area contributed by atoms with E-state index in [1.54, 1.807) is 11.3 Å². The number of aryl methyl sites for hydroxylation is 1. The lowest BCUT2D eigenvalue weighted by Gasteiger charge is -2.19. The summed E-state index contributed by atoms with van der Waals surface area (Å²) in [6, 6.07) is 4.46. The SMILES string of the molecule is CCN(Cc1ccncc1)c1nc(C)c(C(C)NC)s1. The fourth-order valence-electron chi connectivity index (χ4n) is 2.08. The highest BCUT2D eigenvalue weighted by molar-refractivity contribution is 7.15. The number of rotatable bonds is 6. The molecule has 20 heavy (non-hydrogen) atoms. The van der Waals surface area contributed by atoms with E-state index in [0.29, 0.717) is 6.04 Å². The fourth-order valence-corrected chi connectivity index (χ4v) is 3.27. The van der Waals surface area contributed by atoms with Gasteiger partial charge in [-0.3, -0.25) is 4.98 Å². The van der Waals surface area contributed by atoms with Crippen LogP contribution in [-0.2, 0) is 6.54 Å². The fraction of sp³-hybridized carbons (Fsp3) is 0.467. The van der Waals surface area contributed by atoms with Crippen molar-refractivity contribution < 1.29 is 0 Å². The van der Waals surface area contributed by atoms with Gasteiger partial charge in [0.25, 0.3) is 0 Å². The highest BCUT2D eigenvalue weighted by atomic mass is 32.1. The molecule has 0 aliphatic carbocycles. The van der Waals surface area contributed by atoms with Gasteiger partial charge >= 0.3 is 0 Å². The molecule has 0 aliphatic heterocycles. The number of hydrogen-bond acceptors (Lipinski definition) is 5. The summed E-state index contributed by atoms with van der Waals surface area (Å²) >= 11 is 1.78. The summed E-state index contributed by atoms with van der Waals surface area (Å²) in [5, 5.41) is 4.38. The van der Waals surface area contributed by atoms with Crippen LogP contribution in [0, 0.1) is 6.92 Å². The monoisotopic (exact) mass is 290 g/mol. The Hall–Kier alpha value is -1.46. The van der Waals surface area contributed by atoms with Gasteiger partial charge in [0.15, 0.2) is 5.13 Å². The van der Waals surface area contributed by atoms with Crippen LogP contribution in [-0.4, -0.2) is 23.6 Å². The van der Waals surface area contributed by atoms with Gasteiger partial charge in [-0.25, -0.2) is 4.98 Å². The second-order valence-corrected chi connectivity index (χ2v) is 5.84. The second-order valence-electron chi connectivity index (χ2n) is 4.83. The molecular weight excluding hydrogens is 268 g/mol. The molecule has 0 spiro atoms. The topological polar surface area (TPSA) is 41.1 Å². The van der Waals surface area contributed by atoms with Gasteiger partial charge in [-0.1, -0.05) is 0 Å². The van der Waals surface area contributed by atoms with Gasteiger partial charge in [0.2, 0.25) is 0 Å². The van der Waals surface area contributed by atoms with Crippen molar-refractivity contribution in [2.75, 3.05) is 18.5 Å². The van der Waals surface area contributed by atoms with E-state index < -0.39 is 0 Å². The van der Waals surface area contributed by atoms with Crippen molar-refractivity contribution in [1.29, 1.82) is 0 Å². The number of nitrogens with one attached hydrogen (secondary N) is 1. The predicted molar refractivity (Wildman–Crippen MR) is 85.3 cm³/mol. The minimum Gasteiger partial charge on any atom is -0.344 e. The molecule has 0 radical (unpaired) electrons. The number of hydrogen-bond donors (Lipinski definition) is 1. The molecule has 0 aromatic carbocycles. The smallest absolute Gasteiger partial charge is 0.186 e. The molecule has 0 fully saturated rings. The van der Waals surface area contributed by atoms with E-state index in [-0.39, 0.29) is 0 Å². The molecule has 0 aliphatic rings. The molecule has 0 amide bonds. The maximum atomic E-state index is 4.74. The normalized spacial score (nSPS) is 12.4. The first-order valence-corrected chi connectivity index (χ1v) is 7.75. The van der Waals surface area contributed by atoms with Gasteiger partial charge in [0.1, 0.15) is 0 Å². The summed E-state index contributed by atoms with van der Waals surface area (Å²) in [7, 11) is 1.98. The van der Waals surface area contributed by atoms with Crippen LogP contribution in [0.2, 0.25) is 0 Å². The van der Waals surface area contributed by atoms with Crippen molar-refractivity contribution in [1.82, 2.24) is 15.3 Å². The van der Waals surface area contributed by atoms with E-state index >= 15 is 0 Å². The van der Waals surface area contributed by atoms with E-state index in [1.807, 2.05) is 19.4 Å². The maximum absolute atomic E-state index is 4.74. The highest BCUT2D eigenvalue weighted by Crippen LogP contribution is 2.31. The Morgan fingerprint density at radius 2 is 2.05 bits per heavy atom. The quantitative estimate of drug-likeness (QED) is 0.887. The van der Waals surface area contributed by atoms with Gasteiger partial charge < -0.3 is 10.2 Å². The third kappa shape index (κ3) is 3.35. The standard InChI is InChI=1S/C15H22N4S/c1-5-19(10-13-6-8-17-9-7-13)15-18-12(3)14(20-15)11(2)16-4/h6-9,11,16H,5,10H2,1-4H3. The minimum atomic E-state index is 0.348. The van der Waals surface area contributed by atoms with E-state index in [9.17, 15) is 0 Å².